The van der Waals surface area contributed by atoms with Crippen LogP contribution in [0.4, 0.5) is 0 Å². The van der Waals surface area contributed by atoms with Crippen LogP contribution in [0.25, 0.3) is 0 Å². The molecule has 0 saturated carbocycles. The summed E-state index contributed by atoms with van der Waals surface area (Å²) in [6.45, 7) is 2.52. The fourth-order valence-corrected chi connectivity index (χ4v) is 3.22. The van der Waals surface area contributed by atoms with Crippen LogP contribution in [0.15, 0.2) is 24.3 Å². The molecule has 1 atom stereocenters. The number of rotatable bonds is 6. The summed E-state index contributed by atoms with van der Waals surface area (Å²) in [6, 6.07) is 7.94. The van der Waals surface area contributed by atoms with E-state index < -0.39 is 0 Å². The normalized spacial score (nSPS) is 19.2. The van der Waals surface area contributed by atoms with Crippen LogP contribution in [0.3, 0.4) is 0 Å². The third-order valence-corrected chi connectivity index (χ3v) is 4.66. The zero-order chi connectivity index (χ0) is 15.1. The van der Waals surface area contributed by atoms with Gasteiger partial charge in [0.05, 0.1) is 17.3 Å². The summed E-state index contributed by atoms with van der Waals surface area (Å²) < 4.78 is 11.8. The summed E-state index contributed by atoms with van der Waals surface area (Å²) >= 11 is 2.28. The summed E-state index contributed by atoms with van der Waals surface area (Å²) in [6.07, 6.45) is 4.09. The number of hydrogen-bond donors (Lipinski definition) is 0. The predicted molar refractivity (Wildman–Crippen MR) is 90.5 cm³/mol. The Labute approximate surface area is 139 Å². The van der Waals surface area contributed by atoms with Crippen molar-refractivity contribution in [3.8, 4) is 5.75 Å². The van der Waals surface area contributed by atoms with Crippen LogP contribution in [0.2, 0.25) is 0 Å². The number of halogens is 1. The molecule has 21 heavy (non-hydrogen) atoms. The number of para-hydroxylation sites is 1. The zero-order valence-corrected chi connectivity index (χ0v) is 14.5. The SMILES string of the molecule is COC(=O)C1CCCCN1CCCOc1ccccc1I. The van der Waals surface area contributed by atoms with Gasteiger partial charge in [0.15, 0.2) is 0 Å². The third-order valence-electron chi connectivity index (χ3n) is 3.77. The highest BCUT2D eigenvalue weighted by molar-refractivity contribution is 14.1. The molecule has 1 saturated heterocycles. The van der Waals surface area contributed by atoms with E-state index in [4.69, 9.17) is 9.47 Å². The Hall–Kier alpha value is -0.820. The van der Waals surface area contributed by atoms with Gasteiger partial charge >= 0.3 is 5.97 Å². The quantitative estimate of drug-likeness (QED) is 0.416. The van der Waals surface area contributed by atoms with Crippen molar-refractivity contribution in [1.82, 2.24) is 4.90 Å². The number of piperidine rings is 1. The molecule has 116 valence electrons. The number of benzene rings is 1. The van der Waals surface area contributed by atoms with Crippen LogP contribution in [-0.2, 0) is 9.53 Å². The van der Waals surface area contributed by atoms with Gasteiger partial charge in [0.1, 0.15) is 11.8 Å². The lowest BCUT2D eigenvalue weighted by molar-refractivity contribution is -0.148. The summed E-state index contributed by atoms with van der Waals surface area (Å²) in [5.41, 5.74) is 0. The van der Waals surface area contributed by atoms with Crippen LogP contribution in [0.1, 0.15) is 25.7 Å². The fourth-order valence-electron chi connectivity index (χ4n) is 2.67. The van der Waals surface area contributed by atoms with Crippen molar-refractivity contribution >= 4 is 28.6 Å². The number of carbonyl (C=O) groups excluding carboxylic acids is 1. The number of hydrogen-bond acceptors (Lipinski definition) is 4. The molecule has 1 aromatic rings. The Kier molecular flexibility index (Phi) is 6.76. The van der Waals surface area contributed by atoms with Crippen molar-refractivity contribution in [2.75, 3.05) is 26.8 Å². The van der Waals surface area contributed by atoms with E-state index in [0.29, 0.717) is 6.61 Å². The molecular weight excluding hydrogens is 381 g/mol. The molecule has 0 bridgehead atoms. The van der Waals surface area contributed by atoms with Crippen LogP contribution in [-0.4, -0.2) is 43.7 Å². The first-order valence-corrected chi connectivity index (χ1v) is 8.49. The highest BCUT2D eigenvalue weighted by Crippen LogP contribution is 2.21. The summed E-state index contributed by atoms with van der Waals surface area (Å²) in [4.78, 5) is 14.0. The largest absolute Gasteiger partial charge is 0.492 e. The van der Waals surface area contributed by atoms with Crippen molar-refractivity contribution in [3.63, 3.8) is 0 Å². The number of esters is 1. The van der Waals surface area contributed by atoms with Crippen molar-refractivity contribution in [2.24, 2.45) is 0 Å². The Balaban J connectivity index is 1.76. The molecule has 0 aromatic heterocycles. The minimum absolute atomic E-state index is 0.0689. The van der Waals surface area contributed by atoms with Crippen LogP contribution < -0.4 is 4.74 Å². The van der Waals surface area contributed by atoms with E-state index in [1.165, 1.54) is 7.11 Å². The number of nitrogens with zero attached hydrogens (tertiary/aromatic N) is 1. The van der Waals surface area contributed by atoms with E-state index in [-0.39, 0.29) is 12.0 Å². The van der Waals surface area contributed by atoms with Crippen molar-refractivity contribution in [2.45, 2.75) is 31.7 Å². The molecule has 1 unspecified atom stereocenters. The maximum absolute atomic E-state index is 11.8. The number of likely N-dealkylation sites (tertiary alicyclic amines) is 1. The van der Waals surface area contributed by atoms with Crippen molar-refractivity contribution in [3.05, 3.63) is 27.8 Å². The highest BCUT2D eigenvalue weighted by Gasteiger charge is 2.28. The third kappa shape index (κ3) is 4.85. The second-order valence-electron chi connectivity index (χ2n) is 5.20. The van der Waals surface area contributed by atoms with Gasteiger partial charge in [0.2, 0.25) is 0 Å². The Morgan fingerprint density at radius 3 is 2.95 bits per heavy atom. The highest BCUT2D eigenvalue weighted by atomic mass is 127. The molecule has 1 aliphatic heterocycles. The average Bonchev–Trinajstić information content (AvgIpc) is 2.52. The molecule has 0 N–H and O–H groups in total. The van der Waals surface area contributed by atoms with E-state index in [9.17, 15) is 4.79 Å². The minimum Gasteiger partial charge on any atom is -0.492 e. The molecule has 1 fully saturated rings. The first kappa shape index (κ1) is 16.5. The van der Waals surface area contributed by atoms with Gasteiger partial charge < -0.3 is 9.47 Å². The molecule has 5 heteroatoms. The Morgan fingerprint density at radius 1 is 1.38 bits per heavy atom. The van der Waals surface area contributed by atoms with Gasteiger partial charge in [0, 0.05) is 6.54 Å². The topological polar surface area (TPSA) is 38.8 Å². The molecule has 0 spiro atoms. The van der Waals surface area contributed by atoms with Gasteiger partial charge in [-0.1, -0.05) is 18.6 Å². The maximum Gasteiger partial charge on any atom is 0.323 e. The summed E-state index contributed by atoms with van der Waals surface area (Å²) in [5, 5.41) is 0. The molecule has 0 amide bonds. The standard InChI is InChI=1S/C16H22INO3/c1-20-16(19)14-8-4-5-10-18(14)11-6-12-21-15-9-3-2-7-13(15)17/h2-3,7,9,14H,4-6,8,10-12H2,1H3. The van der Waals surface area contributed by atoms with Gasteiger partial charge in [-0.05, 0) is 60.5 Å². The molecule has 0 aliphatic carbocycles. The molecule has 4 nitrogen and oxygen atoms in total. The smallest absolute Gasteiger partial charge is 0.323 e. The summed E-state index contributed by atoms with van der Waals surface area (Å²) in [5.74, 6) is 0.828. The van der Waals surface area contributed by atoms with Gasteiger partial charge in [-0.3, -0.25) is 9.69 Å². The Bertz CT molecular complexity index is 467. The minimum atomic E-state index is -0.103. The molecule has 1 aliphatic rings. The summed E-state index contributed by atoms with van der Waals surface area (Å²) in [7, 11) is 1.47. The van der Waals surface area contributed by atoms with E-state index >= 15 is 0 Å². The fraction of sp³-hybridized carbons (Fsp3) is 0.562. The van der Waals surface area contributed by atoms with Crippen molar-refractivity contribution < 1.29 is 14.3 Å². The number of carbonyl (C=O) groups is 1. The Morgan fingerprint density at radius 2 is 2.19 bits per heavy atom. The van der Waals surface area contributed by atoms with Crippen LogP contribution >= 0.6 is 22.6 Å². The zero-order valence-electron chi connectivity index (χ0n) is 12.4. The van der Waals surface area contributed by atoms with Gasteiger partial charge in [-0.25, -0.2) is 0 Å². The van der Waals surface area contributed by atoms with E-state index in [1.54, 1.807) is 0 Å². The molecular formula is C16H22INO3. The monoisotopic (exact) mass is 403 g/mol. The first-order valence-electron chi connectivity index (χ1n) is 7.41. The number of methoxy groups -OCH3 is 1. The van der Waals surface area contributed by atoms with Crippen LogP contribution in [0.5, 0.6) is 5.75 Å². The van der Waals surface area contributed by atoms with E-state index in [2.05, 4.69) is 27.5 Å². The lowest BCUT2D eigenvalue weighted by Gasteiger charge is -2.33. The van der Waals surface area contributed by atoms with E-state index in [0.717, 1.165) is 48.1 Å². The van der Waals surface area contributed by atoms with Crippen LogP contribution in [0, 0.1) is 3.57 Å². The lowest BCUT2D eigenvalue weighted by Crippen LogP contribution is -2.45. The number of ether oxygens (including phenoxy) is 2. The lowest BCUT2D eigenvalue weighted by atomic mass is 10.0. The van der Waals surface area contributed by atoms with Crippen molar-refractivity contribution in [1.29, 1.82) is 0 Å². The molecule has 0 radical (unpaired) electrons. The average molecular weight is 403 g/mol. The van der Waals surface area contributed by atoms with Gasteiger partial charge in [0.25, 0.3) is 0 Å². The second-order valence-corrected chi connectivity index (χ2v) is 6.37. The first-order chi connectivity index (χ1) is 10.2. The molecule has 2 rings (SSSR count). The molecule has 1 aromatic carbocycles. The van der Waals surface area contributed by atoms with E-state index in [1.807, 2.05) is 24.3 Å². The maximum atomic E-state index is 11.8. The molecule has 1 heterocycles. The predicted octanol–water partition coefficient (Wildman–Crippen LogP) is 3.09. The second kappa shape index (κ2) is 8.58. The van der Waals surface area contributed by atoms with Gasteiger partial charge in [-0.15, -0.1) is 0 Å². The van der Waals surface area contributed by atoms with Gasteiger partial charge in [-0.2, -0.15) is 0 Å².